The standard InChI is InChI=1S/C14H22N2O2S/c1-9(12-10(2)19-11(3)15-12)16-8-6-5-7-14(16,4)13(17)18/h9H,5-8H2,1-4H3,(H,17,18). The Labute approximate surface area is 118 Å². The number of nitrogens with zero attached hydrogens (tertiary/aromatic N) is 2. The highest BCUT2D eigenvalue weighted by Crippen LogP contribution is 2.37. The first-order chi connectivity index (χ1) is 8.86. The maximum atomic E-state index is 11.7. The third-order valence-electron chi connectivity index (χ3n) is 4.21. The normalized spacial score (nSPS) is 26.3. The SMILES string of the molecule is Cc1nc(C(C)N2CCCCC2(C)C(=O)O)c(C)s1. The summed E-state index contributed by atoms with van der Waals surface area (Å²) in [5, 5.41) is 10.6. The molecule has 1 aromatic rings. The lowest BCUT2D eigenvalue weighted by atomic mass is 9.86. The van der Waals surface area contributed by atoms with Gasteiger partial charge in [0, 0.05) is 4.88 Å². The summed E-state index contributed by atoms with van der Waals surface area (Å²) in [6.45, 7) is 8.83. The van der Waals surface area contributed by atoms with E-state index in [-0.39, 0.29) is 6.04 Å². The van der Waals surface area contributed by atoms with Crippen LogP contribution in [-0.4, -0.2) is 33.0 Å². The van der Waals surface area contributed by atoms with Gasteiger partial charge in [-0.1, -0.05) is 0 Å². The number of hydrogen-bond donors (Lipinski definition) is 1. The second-order valence-electron chi connectivity index (χ2n) is 5.58. The molecule has 0 saturated carbocycles. The topological polar surface area (TPSA) is 53.4 Å². The molecule has 0 spiro atoms. The second kappa shape index (κ2) is 5.21. The van der Waals surface area contributed by atoms with Crippen molar-refractivity contribution in [3.05, 3.63) is 15.6 Å². The molecule has 1 N–H and O–H groups in total. The zero-order valence-electron chi connectivity index (χ0n) is 12.1. The van der Waals surface area contributed by atoms with Gasteiger partial charge in [-0.15, -0.1) is 11.3 Å². The maximum Gasteiger partial charge on any atom is 0.323 e. The number of hydrogen-bond acceptors (Lipinski definition) is 4. The summed E-state index contributed by atoms with van der Waals surface area (Å²) in [6, 6.07) is 0.0614. The molecule has 1 aromatic heterocycles. The van der Waals surface area contributed by atoms with Gasteiger partial charge in [-0.05, 0) is 53.5 Å². The van der Waals surface area contributed by atoms with Gasteiger partial charge in [0.2, 0.25) is 0 Å². The van der Waals surface area contributed by atoms with Gasteiger partial charge in [0.1, 0.15) is 5.54 Å². The van der Waals surface area contributed by atoms with Crippen molar-refractivity contribution >= 4 is 17.3 Å². The lowest BCUT2D eigenvalue weighted by Gasteiger charge is -2.44. The third-order valence-corrected chi connectivity index (χ3v) is 5.11. The van der Waals surface area contributed by atoms with Crippen LogP contribution in [0.4, 0.5) is 0 Å². The van der Waals surface area contributed by atoms with E-state index < -0.39 is 11.5 Å². The fourth-order valence-corrected chi connectivity index (χ4v) is 3.98. The zero-order chi connectivity index (χ0) is 14.2. The number of thiazole rings is 1. The van der Waals surface area contributed by atoms with Gasteiger partial charge in [0.05, 0.1) is 16.7 Å². The van der Waals surface area contributed by atoms with Crippen molar-refractivity contribution in [3.63, 3.8) is 0 Å². The molecule has 1 aliphatic heterocycles. The Morgan fingerprint density at radius 3 is 2.68 bits per heavy atom. The van der Waals surface area contributed by atoms with Crippen LogP contribution in [0.1, 0.15) is 54.7 Å². The first-order valence-corrected chi connectivity index (χ1v) is 7.62. The summed E-state index contributed by atoms with van der Waals surface area (Å²) in [7, 11) is 0. The van der Waals surface area contributed by atoms with Crippen LogP contribution >= 0.6 is 11.3 Å². The first-order valence-electron chi connectivity index (χ1n) is 6.80. The molecule has 1 aliphatic rings. The van der Waals surface area contributed by atoms with E-state index in [0.717, 1.165) is 36.5 Å². The third kappa shape index (κ3) is 2.54. The van der Waals surface area contributed by atoms with Gasteiger partial charge in [-0.2, -0.15) is 0 Å². The Hall–Kier alpha value is -0.940. The van der Waals surface area contributed by atoms with Crippen molar-refractivity contribution in [3.8, 4) is 0 Å². The molecule has 0 aliphatic carbocycles. The van der Waals surface area contributed by atoms with Gasteiger partial charge in [0.15, 0.2) is 0 Å². The van der Waals surface area contributed by atoms with Crippen molar-refractivity contribution in [1.29, 1.82) is 0 Å². The second-order valence-corrected chi connectivity index (χ2v) is 6.99. The van der Waals surface area contributed by atoms with Crippen LogP contribution in [-0.2, 0) is 4.79 Å². The highest BCUT2D eigenvalue weighted by molar-refractivity contribution is 7.11. The number of piperidine rings is 1. The van der Waals surface area contributed by atoms with E-state index in [9.17, 15) is 9.90 Å². The summed E-state index contributed by atoms with van der Waals surface area (Å²) in [4.78, 5) is 19.6. The van der Waals surface area contributed by atoms with Crippen LogP contribution in [0.5, 0.6) is 0 Å². The summed E-state index contributed by atoms with van der Waals surface area (Å²) in [5.41, 5.74) is 0.276. The minimum absolute atomic E-state index is 0.0614. The summed E-state index contributed by atoms with van der Waals surface area (Å²) in [5.74, 6) is -0.719. The Morgan fingerprint density at radius 2 is 2.16 bits per heavy atom. The lowest BCUT2D eigenvalue weighted by molar-refractivity contribution is -0.155. The van der Waals surface area contributed by atoms with Crippen LogP contribution in [0.3, 0.4) is 0 Å². The smallest absolute Gasteiger partial charge is 0.323 e. The molecule has 0 radical (unpaired) electrons. The lowest BCUT2D eigenvalue weighted by Crippen LogP contribution is -2.55. The van der Waals surface area contributed by atoms with Crippen molar-refractivity contribution in [2.45, 2.75) is 58.5 Å². The predicted molar refractivity (Wildman–Crippen MR) is 76.6 cm³/mol. The minimum Gasteiger partial charge on any atom is -0.480 e. The molecule has 2 heterocycles. The highest BCUT2D eigenvalue weighted by Gasteiger charge is 2.44. The molecule has 2 unspecified atom stereocenters. The van der Waals surface area contributed by atoms with Crippen LogP contribution in [0.15, 0.2) is 0 Å². The van der Waals surface area contributed by atoms with Gasteiger partial charge in [-0.3, -0.25) is 9.69 Å². The number of carboxylic acid groups (broad SMARTS) is 1. The van der Waals surface area contributed by atoms with Gasteiger partial charge in [0.25, 0.3) is 0 Å². The summed E-state index contributed by atoms with van der Waals surface area (Å²) >= 11 is 1.68. The Morgan fingerprint density at radius 1 is 1.47 bits per heavy atom. The number of carbonyl (C=O) groups is 1. The van der Waals surface area contributed by atoms with Gasteiger partial charge in [-0.25, -0.2) is 4.98 Å². The monoisotopic (exact) mass is 282 g/mol. The Bertz CT molecular complexity index is 486. The summed E-state index contributed by atoms with van der Waals surface area (Å²) < 4.78 is 0. The van der Waals surface area contributed by atoms with Crippen molar-refractivity contribution < 1.29 is 9.90 Å². The molecule has 4 nitrogen and oxygen atoms in total. The molecule has 2 rings (SSSR count). The maximum absolute atomic E-state index is 11.7. The van der Waals surface area contributed by atoms with Crippen molar-refractivity contribution in [2.24, 2.45) is 0 Å². The molecular formula is C14H22N2O2S. The molecule has 0 bridgehead atoms. The Kier molecular flexibility index (Phi) is 3.97. The van der Waals surface area contributed by atoms with E-state index in [1.165, 1.54) is 4.88 Å². The molecule has 2 atom stereocenters. The summed E-state index contributed by atoms with van der Waals surface area (Å²) in [6.07, 6.45) is 2.77. The van der Waals surface area contributed by atoms with Crippen molar-refractivity contribution in [2.75, 3.05) is 6.54 Å². The average molecular weight is 282 g/mol. The predicted octanol–water partition coefficient (Wildman–Crippen LogP) is 3.15. The highest BCUT2D eigenvalue weighted by atomic mass is 32.1. The fourth-order valence-electron chi connectivity index (χ4n) is 3.07. The van der Waals surface area contributed by atoms with E-state index in [4.69, 9.17) is 0 Å². The number of carboxylic acids is 1. The van der Waals surface area contributed by atoms with Crippen LogP contribution in [0.25, 0.3) is 0 Å². The van der Waals surface area contributed by atoms with E-state index in [1.807, 2.05) is 13.8 Å². The average Bonchev–Trinajstić information content (AvgIpc) is 2.68. The van der Waals surface area contributed by atoms with Crippen molar-refractivity contribution in [1.82, 2.24) is 9.88 Å². The van der Waals surface area contributed by atoms with E-state index in [0.29, 0.717) is 0 Å². The van der Waals surface area contributed by atoms with Crippen LogP contribution in [0.2, 0.25) is 0 Å². The molecule has 0 amide bonds. The largest absolute Gasteiger partial charge is 0.480 e. The van der Waals surface area contributed by atoms with E-state index in [2.05, 4.69) is 23.7 Å². The number of aliphatic carboxylic acids is 1. The van der Waals surface area contributed by atoms with Gasteiger partial charge >= 0.3 is 5.97 Å². The van der Waals surface area contributed by atoms with Crippen LogP contribution < -0.4 is 0 Å². The molecule has 19 heavy (non-hydrogen) atoms. The molecular weight excluding hydrogens is 260 g/mol. The number of likely N-dealkylation sites (tertiary alicyclic amines) is 1. The number of aromatic nitrogens is 1. The quantitative estimate of drug-likeness (QED) is 0.925. The number of aryl methyl sites for hydroxylation is 2. The fraction of sp³-hybridized carbons (Fsp3) is 0.714. The molecule has 1 fully saturated rings. The molecule has 106 valence electrons. The zero-order valence-corrected chi connectivity index (χ0v) is 12.9. The molecule has 5 heteroatoms. The van der Waals surface area contributed by atoms with E-state index >= 15 is 0 Å². The minimum atomic E-state index is -0.762. The molecule has 1 saturated heterocycles. The first kappa shape index (κ1) is 14.5. The van der Waals surface area contributed by atoms with Gasteiger partial charge < -0.3 is 5.11 Å². The molecule has 0 aromatic carbocycles. The van der Waals surface area contributed by atoms with Crippen LogP contribution in [0, 0.1) is 13.8 Å². The Balaban J connectivity index is 2.33. The number of rotatable bonds is 3. The van der Waals surface area contributed by atoms with E-state index in [1.54, 1.807) is 11.3 Å².